The van der Waals surface area contributed by atoms with Crippen molar-refractivity contribution in [3.63, 3.8) is 0 Å². The van der Waals surface area contributed by atoms with E-state index in [4.69, 9.17) is 0 Å². The molecule has 22 heavy (non-hydrogen) atoms. The molecular formula is C15H19N3O3S. The number of carbonyl (C=O) groups is 3. The number of carbonyl (C=O) groups excluding carboxylic acids is 3. The van der Waals surface area contributed by atoms with Crippen molar-refractivity contribution in [3.8, 4) is 0 Å². The maximum absolute atomic E-state index is 11.6. The predicted molar refractivity (Wildman–Crippen MR) is 85.9 cm³/mol. The van der Waals surface area contributed by atoms with Gasteiger partial charge >= 0.3 is 6.03 Å². The highest BCUT2D eigenvalue weighted by molar-refractivity contribution is 8.14. The van der Waals surface area contributed by atoms with Crippen LogP contribution in [0.2, 0.25) is 0 Å². The molecule has 1 aliphatic heterocycles. The van der Waals surface area contributed by atoms with Crippen LogP contribution in [0.25, 0.3) is 0 Å². The van der Waals surface area contributed by atoms with E-state index in [2.05, 4.69) is 10.6 Å². The number of nitrogens with zero attached hydrogens (tertiary/aromatic N) is 1. The van der Waals surface area contributed by atoms with Gasteiger partial charge in [-0.25, -0.2) is 4.79 Å². The molecule has 1 heterocycles. The fourth-order valence-electron chi connectivity index (χ4n) is 2.02. The lowest BCUT2D eigenvalue weighted by Crippen LogP contribution is -2.42. The largest absolute Gasteiger partial charge is 0.338 e. The second-order valence-electron chi connectivity index (χ2n) is 5.02. The summed E-state index contributed by atoms with van der Waals surface area (Å²) in [5.74, 6) is -0.00160. The van der Waals surface area contributed by atoms with Crippen molar-refractivity contribution >= 4 is 28.9 Å². The number of hydrogen-bond donors (Lipinski definition) is 2. The molecule has 0 atom stereocenters. The van der Waals surface area contributed by atoms with Crippen LogP contribution in [0.5, 0.6) is 0 Å². The van der Waals surface area contributed by atoms with Crippen molar-refractivity contribution in [2.45, 2.75) is 13.3 Å². The summed E-state index contributed by atoms with van der Waals surface area (Å²) < 4.78 is 0. The van der Waals surface area contributed by atoms with Gasteiger partial charge in [-0.2, -0.15) is 0 Å². The van der Waals surface area contributed by atoms with Gasteiger partial charge in [0.1, 0.15) is 0 Å². The molecule has 1 aromatic rings. The fourth-order valence-corrected chi connectivity index (χ4v) is 2.77. The zero-order valence-corrected chi connectivity index (χ0v) is 13.2. The molecule has 1 aliphatic rings. The lowest BCUT2D eigenvalue weighted by molar-refractivity contribution is -0.124. The Morgan fingerprint density at radius 3 is 2.50 bits per heavy atom. The molecule has 4 amide bonds. The van der Waals surface area contributed by atoms with Crippen LogP contribution in [-0.2, 0) is 11.2 Å². The van der Waals surface area contributed by atoms with E-state index in [1.807, 2.05) is 31.2 Å². The third-order valence-electron chi connectivity index (χ3n) is 3.28. The fraction of sp³-hybridized carbons (Fsp3) is 0.400. The molecule has 1 fully saturated rings. The molecule has 2 rings (SSSR count). The van der Waals surface area contributed by atoms with Crippen LogP contribution >= 0.6 is 11.8 Å². The quantitative estimate of drug-likeness (QED) is 0.833. The predicted octanol–water partition coefficient (Wildman–Crippen LogP) is 1.53. The molecule has 0 aromatic heterocycles. The number of thioether (sulfide) groups is 1. The average Bonchev–Trinajstić information content (AvgIpc) is 2.81. The molecule has 0 saturated carbocycles. The van der Waals surface area contributed by atoms with Crippen molar-refractivity contribution in [1.29, 1.82) is 0 Å². The van der Waals surface area contributed by atoms with Gasteiger partial charge in [-0.3, -0.25) is 14.5 Å². The first-order chi connectivity index (χ1) is 10.6. The normalized spacial score (nSPS) is 14.3. The first-order valence-corrected chi connectivity index (χ1v) is 8.09. The third-order valence-corrected chi connectivity index (χ3v) is 4.14. The molecule has 6 nitrogen and oxygen atoms in total. The number of nitrogens with one attached hydrogen (secondary N) is 2. The highest BCUT2D eigenvalue weighted by atomic mass is 32.2. The number of amides is 4. The van der Waals surface area contributed by atoms with Crippen LogP contribution in [0.1, 0.15) is 11.1 Å². The summed E-state index contributed by atoms with van der Waals surface area (Å²) in [7, 11) is 0. The van der Waals surface area contributed by atoms with E-state index in [1.165, 1.54) is 5.56 Å². The first kappa shape index (κ1) is 16.4. The number of hydrogen-bond acceptors (Lipinski definition) is 4. The van der Waals surface area contributed by atoms with Crippen molar-refractivity contribution in [1.82, 2.24) is 15.5 Å². The minimum Gasteiger partial charge on any atom is -0.338 e. The van der Waals surface area contributed by atoms with E-state index >= 15 is 0 Å². The Bertz CT molecular complexity index is 544. The standard InChI is InChI=1S/C15H19N3O3S/c1-11-2-4-12(5-3-11)6-7-16-14(20)17-8-9-18-13(19)10-22-15(18)21/h2-5H,6-10H2,1H3,(H2,16,17,20). The van der Waals surface area contributed by atoms with Gasteiger partial charge in [-0.1, -0.05) is 41.6 Å². The third kappa shape index (κ3) is 4.77. The molecule has 0 spiro atoms. The van der Waals surface area contributed by atoms with E-state index in [-0.39, 0.29) is 36.0 Å². The Labute approximate surface area is 133 Å². The van der Waals surface area contributed by atoms with E-state index in [9.17, 15) is 14.4 Å². The molecular weight excluding hydrogens is 302 g/mol. The van der Waals surface area contributed by atoms with E-state index in [0.717, 1.165) is 28.6 Å². The molecule has 7 heteroatoms. The summed E-state index contributed by atoms with van der Waals surface area (Å²) in [6.45, 7) is 3.04. The highest BCUT2D eigenvalue weighted by Gasteiger charge is 2.29. The van der Waals surface area contributed by atoms with Gasteiger partial charge in [-0.15, -0.1) is 0 Å². The van der Waals surface area contributed by atoms with Crippen LogP contribution in [0.4, 0.5) is 9.59 Å². The van der Waals surface area contributed by atoms with Gasteiger partial charge in [-0.05, 0) is 18.9 Å². The number of urea groups is 1. The van der Waals surface area contributed by atoms with Gasteiger partial charge in [0.25, 0.3) is 5.24 Å². The molecule has 118 valence electrons. The molecule has 1 aromatic carbocycles. The summed E-state index contributed by atoms with van der Waals surface area (Å²) >= 11 is 0.994. The van der Waals surface area contributed by atoms with Crippen molar-refractivity contribution < 1.29 is 14.4 Å². The van der Waals surface area contributed by atoms with Crippen molar-refractivity contribution in [2.75, 3.05) is 25.4 Å². The van der Waals surface area contributed by atoms with Gasteiger partial charge in [0.15, 0.2) is 0 Å². The zero-order chi connectivity index (χ0) is 15.9. The Kier molecular flexibility index (Phi) is 5.83. The minimum atomic E-state index is -0.293. The van der Waals surface area contributed by atoms with Crippen LogP contribution in [0, 0.1) is 6.92 Å². The summed E-state index contributed by atoms with van der Waals surface area (Å²) in [4.78, 5) is 35.5. The lowest BCUT2D eigenvalue weighted by atomic mass is 10.1. The number of rotatable bonds is 6. The Morgan fingerprint density at radius 1 is 1.18 bits per heavy atom. The van der Waals surface area contributed by atoms with E-state index < -0.39 is 0 Å². The van der Waals surface area contributed by atoms with Crippen LogP contribution in [0.15, 0.2) is 24.3 Å². The molecule has 0 bridgehead atoms. The van der Waals surface area contributed by atoms with Gasteiger partial charge in [0, 0.05) is 19.6 Å². The summed E-state index contributed by atoms with van der Waals surface area (Å²) in [5, 5.41) is 5.15. The van der Waals surface area contributed by atoms with Gasteiger partial charge < -0.3 is 10.6 Å². The van der Waals surface area contributed by atoms with E-state index in [1.54, 1.807) is 0 Å². The summed E-state index contributed by atoms with van der Waals surface area (Å²) in [6.07, 6.45) is 0.757. The van der Waals surface area contributed by atoms with E-state index in [0.29, 0.717) is 6.54 Å². The number of benzene rings is 1. The topological polar surface area (TPSA) is 78.5 Å². The Morgan fingerprint density at radius 2 is 1.86 bits per heavy atom. The molecule has 0 unspecified atom stereocenters. The monoisotopic (exact) mass is 321 g/mol. The SMILES string of the molecule is Cc1ccc(CCNC(=O)NCCN2C(=O)CSC2=O)cc1. The zero-order valence-electron chi connectivity index (χ0n) is 12.4. The van der Waals surface area contributed by atoms with Crippen molar-refractivity contribution in [2.24, 2.45) is 0 Å². The lowest BCUT2D eigenvalue weighted by Gasteiger charge is -2.13. The Hall–Kier alpha value is -2.02. The second kappa shape index (κ2) is 7.84. The van der Waals surface area contributed by atoms with Crippen LogP contribution < -0.4 is 10.6 Å². The summed E-state index contributed by atoms with van der Waals surface area (Å²) in [5.41, 5.74) is 2.37. The maximum atomic E-state index is 11.6. The highest BCUT2D eigenvalue weighted by Crippen LogP contribution is 2.17. The molecule has 1 saturated heterocycles. The molecule has 0 aliphatic carbocycles. The number of imide groups is 1. The van der Waals surface area contributed by atoms with Crippen molar-refractivity contribution in [3.05, 3.63) is 35.4 Å². The summed E-state index contributed by atoms with van der Waals surface area (Å²) in [6, 6.07) is 7.86. The minimum absolute atomic E-state index is 0.196. The maximum Gasteiger partial charge on any atom is 0.314 e. The Balaban J connectivity index is 1.61. The molecule has 0 radical (unpaired) electrons. The second-order valence-corrected chi connectivity index (χ2v) is 5.94. The molecule has 2 N–H and O–H groups in total. The van der Waals surface area contributed by atoms with Gasteiger partial charge in [0.2, 0.25) is 5.91 Å². The van der Waals surface area contributed by atoms with Crippen LogP contribution in [-0.4, -0.2) is 47.5 Å². The number of aryl methyl sites for hydroxylation is 1. The first-order valence-electron chi connectivity index (χ1n) is 7.10. The average molecular weight is 321 g/mol. The van der Waals surface area contributed by atoms with Crippen LogP contribution in [0.3, 0.4) is 0 Å². The smallest absolute Gasteiger partial charge is 0.314 e. The van der Waals surface area contributed by atoms with Gasteiger partial charge in [0.05, 0.1) is 5.75 Å².